The first-order chi connectivity index (χ1) is 14.2. The van der Waals surface area contributed by atoms with E-state index in [1.165, 1.54) is 5.56 Å². The van der Waals surface area contributed by atoms with Crippen molar-refractivity contribution in [2.75, 3.05) is 6.54 Å². The van der Waals surface area contributed by atoms with Crippen molar-refractivity contribution in [2.24, 2.45) is 5.92 Å². The van der Waals surface area contributed by atoms with Gasteiger partial charge in [0, 0.05) is 23.6 Å². The van der Waals surface area contributed by atoms with E-state index < -0.39 is 0 Å². The van der Waals surface area contributed by atoms with Crippen molar-refractivity contribution in [1.29, 1.82) is 0 Å². The third-order valence-corrected chi connectivity index (χ3v) is 5.52. The third-order valence-electron chi connectivity index (χ3n) is 5.52. The Morgan fingerprint density at radius 1 is 0.968 bits per heavy atom. The second-order valence-electron chi connectivity index (χ2n) is 8.78. The molecule has 2 aromatic rings. The molecule has 0 spiro atoms. The number of halogens is 1. The molecule has 0 heterocycles. The number of carbonyl (C=O) groups is 1. The van der Waals surface area contributed by atoms with Gasteiger partial charge in [0.1, 0.15) is 5.75 Å². The van der Waals surface area contributed by atoms with Gasteiger partial charge in [-0.2, -0.15) is 0 Å². The van der Waals surface area contributed by atoms with E-state index in [-0.39, 0.29) is 36.8 Å². The van der Waals surface area contributed by atoms with Crippen LogP contribution in [0.5, 0.6) is 5.75 Å². The summed E-state index contributed by atoms with van der Waals surface area (Å²) in [5.74, 6) is 0.196. The average molecular weight is 448 g/mol. The predicted molar refractivity (Wildman–Crippen MR) is 130 cm³/mol. The highest BCUT2D eigenvalue weighted by molar-refractivity contribution is 5.85. The summed E-state index contributed by atoms with van der Waals surface area (Å²) in [6.07, 6.45) is 0.890. The van der Waals surface area contributed by atoms with Crippen LogP contribution in [-0.2, 0) is 11.4 Å². The number of nitrogens with zero attached hydrogens (tertiary/aromatic N) is 1. The van der Waals surface area contributed by atoms with Crippen LogP contribution >= 0.6 is 12.4 Å². The molecule has 5 heteroatoms. The Kier molecular flexibility index (Phi) is 11.3. The van der Waals surface area contributed by atoms with Gasteiger partial charge >= 0.3 is 5.97 Å². The van der Waals surface area contributed by atoms with Crippen molar-refractivity contribution < 1.29 is 14.6 Å². The highest BCUT2D eigenvalue weighted by Gasteiger charge is 2.23. The lowest BCUT2D eigenvalue weighted by Crippen LogP contribution is -2.38. The van der Waals surface area contributed by atoms with Crippen LogP contribution in [-0.4, -0.2) is 34.6 Å². The average Bonchev–Trinajstić information content (AvgIpc) is 2.71. The van der Waals surface area contributed by atoms with Crippen LogP contribution in [0.2, 0.25) is 0 Å². The molecule has 1 atom stereocenters. The standard InChI is InChI=1S/C26H37NO3.ClH/c1-18(2)26(29)30-25-13-12-21(17-28)16-24(25)23(22-10-8-7-9-11-22)14-15-27(19(3)4)20(5)6;/h7-13,16,18-20,23,28H,14-15,17H2,1-6H3;1H/t23-;/m1./s1. The van der Waals surface area contributed by atoms with Crippen LogP contribution in [0.4, 0.5) is 0 Å². The van der Waals surface area contributed by atoms with Crippen LogP contribution < -0.4 is 4.74 Å². The summed E-state index contributed by atoms with van der Waals surface area (Å²) >= 11 is 0. The molecule has 172 valence electrons. The Balaban J connectivity index is 0.00000480. The van der Waals surface area contributed by atoms with Gasteiger partial charge in [-0.1, -0.05) is 50.2 Å². The summed E-state index contributed by atoms with van der Waals surface area (Å²) in [5, 5.41) is 9.72. The molecule has 0 fully saturated rings. The van der Waals surface area contributed by atoms with Crippen molar-refractivity contribution in [3.05, 3.63) is 65.2 Å². The SMILES string of the molecule is CC(C)C(=O)Oc1ccc(CO)cc1[C@H](CCN(C(C)C)C(C)C)c1ccccc1.Cl. The van der Waals surface area contributed by atoms with Gasteiger partial charge in [0.25, 0.3) is 0 Å². The van der Waals surface area contributed by atoms with Gasteiger partial charge in [-0.15, -0.1) is 12.4 Å². The number of esters is 1. The zero-order valence-corrected chi connectivity index (χ0v) is 20.5. The van der Waals surface area contributed by atoms with E-state index in [9.17, 15) is 9.90 Å². The number of hydrogen-bond donors (Lipinski definition) is 1. The van der Waals surface area contributed by atoms with Crippen molar-refractivity contribution >= 4 is 18.4 Å². The van der Waals surface area contributed by atoms with Gasteiger partial charge in [-0.25, -0.2) is 0 Å². The molecule has 0 bridgehead atoms. The lowest BCUT2D eigenvalue weighted by Gasteiger charge is -2.32. The molecule has 0 aromatic heterocycles. The zero-order chi connectivity index (χ0) is 22.3. The predicted octanol–water partition coefficient (Wildman–Crippen LogP) is 5.80. The van der Waals surface area contributed by atoms with Crippen molar-refractivity contribution in [2.45, 2.75) is 72.6 Å². The minimum atomic E-state index is -0.245. The number of ether oxygens (including phenoxy) is 1. The number of aliphatic hydroxyl groups is 1. The Labute approximate surface area is 194 Å². The maximum absolute atomic E-state index is 12.3. The van der Waals surface area contributed by atoms with E-state index >= 15 is 0 Å². The minimum absolute atomic E-state index is 0. The summed E-state index contributed by atoms with van der Waals surface area (Å²) in [4.78, 5) is 14.8. The van der Waals surface area contributed by atoms with Gasteiger partial charge in [0.05, 0.1) is 12.5 Å². The number of carbonyl (C=O) groups excluding carboxylic acids is 1. The highest BCUT2D eigenvalue weighted by atomic mass is 35.5. The van der Waals surface area contributed by atoms with Gasteiger partial charge < -0.3 is 9.84 Å². The molecule has 2 rings (SSSR count). The molecule has 0 aliphatic heterocycles. The summed E-state index contributed by atoms with van der Waals surface area (Å²) in [6, 6.07) is 16.9. The fraction of sp³-hybridized carbons (Fsp3) is 0.500. The van der Waals surface area contributed by atoms with Gasteiger partial charge in [0.2, 0.25) is 0 Å². The smallest absolute Gasteiger partial charge is 0.313 e. The Bertz CT molecular complexity index is 798. The Morgan fingerprint density at radius 2 is 1.58 bits per heavy atom. The summed E-state index contributed by atoms with van der Waals surface area (Å²) in [5.41, 5.74) is 2.95. The molecular weight excluding hydrogens is 410 g/mol. The maximum Gasteiger partial charge on any atom is 0.313 e. The van der Waals surface area contributed by atoms with Crippen LogP contribution in [0.1, 0.15) is 70.6 Å². The van der Waals surface area contributed by atoms with Crippen LogP contribution in [0.3, 0.4) is 0 Å². The quantitative estimate of drug-likeness (QED) is 0.369. The van der Waals surface area contributed by atoms with Gasteiger partial charge in [-0.05, 0) is 63.9 Å². The summed E-state index contributed by atoms with van der Waals surface area (Å²) < 4.78 is 5.78. The fourth-order valence-electron chi connectivity index (χ4n) is 3.87. The molecule has 0 radical (unpaired) electrons. The first kappa shape index (κ1) is 27.2. The molecule has 4 nitrogen and oxygen atoms in total. The first-order valence-corrected chi connectivity index (χ1v) is 11.0. The Morgan fingerprint density at radius 3 is 2.10 bits per heavy atom. The van der Waals surface area contributed by atoms with E-state index in [1.54, 1.807) is 0 Å². The number of benzene rings is 2. The van der Waals surface area contributed by atoms with Gasteiger partial charge in [-0.3, -0.25) is 9.69 Å². The lowest BCUT2D eigenvalue weighted by atomic mass is 9.86. The highest BCUT2D eigenvalue weighted by Crippen LogP contribution is 2.36. The lowest BCUT2D eigenvalue weighted by molar-refractivity contribution is -0.137. The molecule has 31 heavy (non-hydrogen) atoms. The third kappa shape index (κ3) is 7.64. The molecule has 1 N–H and O–H groups in total. The van der Waals surface area contributed by atoms with Crippen LogP contribution in [0.25, 0.3) is 0 Å². The van der Waals surface area contributed by atoms with Gasteiger partial charge in [0.15, 0.2) is 0 Å². The fourth-order valence-corrected chi connectivity index (χ4v) is 3.87. The second-order valence-corrected chi connectivity index (χ2v) is 8.78. The number of rotatable bonds is 10. The normalized spacial score (nSPS) is 12.4. The number of hydrogen-bond acceptors (Lipinski definition) is 4. The largest absolute Gasteiger partial charge is 0.426 e. The van der Waals surface area contributed by atoms with Crippen molar-refractivity contribution in [3.63, 3.8) is 0 Å². The number of aliphatic hydroxyl groups excluding tert-OH is 1. The van der Waals surface area contributed by atoms with E-state index in [2.05, 4.69) is 44.7 Å². The molecule has 0 saturated carbocycles. The molecule has 0 amide bonds. The maximum atomic E-state index is 12.3. The monoisotopic (exact) mass is 447 g/mol. The van der Waals surface area contributed by atoms with Crippen molar-refractivity contribution in [3.8, 4) is 5.75 Å². The van der Waals surface area contributed by atoms with E-state index in [0.717, 1.165) is 24.1 Å². The zero-order valence-electron chi connectivity index (χ0n) is 19.7. The first-order valence-electron chi connectivity index (χ1n) is 11.0. The summed E-state index contributed by atoms with van der Waals surface area (Å²) in [7, 11) is 0. The molecule has 2 aromatic carbocycles. The molecular formula is C26H38ClNO3. The van der Waals surface area contributed by atoms with Crippen LogP contribution in [0, 0.1) is 5.92 Å². The molecule has 0 unspecified atom stereocenters. The van der Waals surface area contributed by atoms with Crippen LogP contribution in [0.15, 0.2) is 48.5 Å². The second kappa shape index (κ2) is 12.8. The summed E-state index contributed by atoms with van der Waals surface area (Å²) in [6.45, 7) is 13.4. The molecule has 0 aliphatic rings. The molecule has 0 saturated heterocycles. The minimum Gasteiger partial charge on any atom is -0.426 e. The topological polar surface area (TPSA) is 49.8 Å². The Hall–Kier alpha value is -1.88. The molecule has 0 aliphatic carbocycles. The van der Waals surface area contributed by atoms with E-state index in [4.69, 9.17) is 4.74 Å². The van der Waals surface area contributed by atoms with Crippen molar-refractivity contribution in [1.82, 2.24) is 4.90 Å². The van der Waals surface area contributed by atoms with E-state index in [0.29, 0.717) is 17.8 Å². The van der Waals surface area contributed by atoms with E-state index in [1.807, 2.05) is 50.2 Å².